The summed E-state index contributed by atoms with van der Waals surface area (Å²) in [6, 6.07) is 18.0. The van der Waals surface area contributed by atoms with Gasteiger partial charge in [0.25, 0.3) is 11.7 Å². The van der Waals surface area contributed by atoms with Gasteiger partial charge in [-0.2, -0.15) is 0 Å². The highest BCUT2D eigenvalue weighted by Crippen LogP contribution is 2.45. The van der Waals surface area contributed by atoms with Crippen molar-refractivity contribution >= 4 is 23.1 Å². The predicted molar refractivity (Wildman–Crippen MR) is 123 cm³/mol. The summed E-state index contributed by atoms with van der Waals surface area (Å²) >= 11 is 0. The Bertz CT molecular complexity index is 1320. The molecule has 1 atom stereocenters. The van der Waals surface area contributed by atoms with Crippen molar-refractivity contribution in [2.45, 2.75) is 6.04 Å². The van der Waals surface area contributed by atoms with Crippen LogP contribution in [-0.2, 0) is 9.59 Å². The van der Waals surface area contributed by atoms with Crippen molar-refractivity contribution in [2.24, 2.45) is 0 Å². The molecule has 1 N–H and O–H groups in total. The van der Waals surface area contributed by atoms with E-state index in [-0.39, 0.29) is 23.7 Å². The number of nitrogens with zero attached hydrogens (tertiary/aromatic N) is 1. The number of amides is 1. The average molecular weight is 459 g/mol. The summed E-state index contributed by atoms with van der Waals surface area (Å²) in [6.07, 6.45) is 0. The van der Waals surface area contributed by atoms with Crippen LogP contribution in [0.25, 0.3) is 5.76 Å². The van der Waals surface area contributed by atoms with Gasteiger partial charge in [-0.25, -0.2) is 0 Å². The minimum absolute atomic E-state index is 0.0441. The van der Waals surface area contributed by atoms with E-state index in [0.29, 0.717) is 34.2 Å². The summed E-state index contributed by atoms with van der Waals surface area (Å²) in [6.45, 7) is 0.0803. The van der Waals surface area contributed by atoms with Crippen molar-refractivity contribution in [1.29, 1.82) is 0 Å². The van der Waals surface area contributed by atoms with Crippen LogP contribution < -0.4 is 23.8 Å². The predicted octanol–water partition coefficient (Wildman–Crippen LogP) is 4.06. The highest BCUT2D eigenvalue weighted by atomic mass is 16.7. The third kappa shape index (κ3) is 3.40. The number of carbonyl (C=O) groups is 2. The molecule has 3 aromatic rings. The van der Waals surface area contributed by atoms with Crippen LogP contribution in [0.4, 0.5) is 5.69 Å². The molecule has 2 aliphatic heterocycles. The first-order valence-corrected chi connectivity index (χ1v) is 10.5. The summed E-state index contributed by atoms with van der Waals surface area (Å²) in [5, 5.41) is 11.3. The fourth-order valence-corrected chi connectivity index (χ4v) is 4.22. The molecule has 0 spiro atoms. The van der Waals surface area contributed by atoms with E-state index in [9.17, 15) is 14.7 Å². The smallest absolute Gasteiger partial charge is 0.300 e. The maximum atomic E-state index is 13.3. The molecule has 2 aliphatic rings. The van der Waals surface area contributed by atoms with E-state index >= 15 is 0 Å². The SMILES string of the molecule is COc1ccc(/C(O)=C2\C(=O)C(=O)N(c3ccc4c(c3)OCO4)C2c2ccccc2)c(OC)c1. The molecule has 0 radical (unpaired) electrons. The van der Waals surface area contributed by atoms with Crippen LogP contribution in [0.5, 0.6) is 23.0 Å². The minimum Gasteiger partial charge on any atom is -0.507 e. The van der Waals surface area contributed by atoms with Crippen LogP contribution in [0.2, 0.25) is 0 Å². The number of anilines is 1. The molecule has 5 rings (SSSR count). The number of rotatable bonds is 5. The van der Waals surface area contributed by atoms with Crippen molar-refractivity contribution in [3.63, 3.8) is 0 Å². The van der Waals surface area contributed by atoms with Gasteiger partial charge in [0.05, 0.1) is 31.4 Å². The van der Waals surface area contributed by atoms with Gasteiger partial charge < -0.3 is 24.1 Å². The molecule has 1 unspecified atom stereocenters. The zero-order valence-electron chi connectivity index (χ0n) is 18.5. The molecule has 3 aromatic carbocycles. The van der Waals surface area contributed by atoms with Gasteiger partial charge >= 0.3 is 0 Å². The Morgan fingerprint density at radius 1 is 0.941 bits per heavy atom. The second kappa shape index (κ2) is 8.47. The van der Waals surface area contributed by atoms with E-state index in [4.69, 9.17) is 18.9 Å². The fraction of sp³-hybridized carbons (Fsp3) is 0.154. The Morgan fingerprint density at radius 3 is 2.44 bits per heavy atom. The van der Waals surface area contributed by atoms with Crippen molar-refractivity contribution < 1.29 is 33.6 Å². The topological polar surface area (TPSA) is 94.5 Å². The first-order chi connectivity index (χ1) is 16.5. The normalized spacial score (nSPS) is 18.3. The maximum Gasteiger partial charge on any atom is 0.300 e. The summed E-state index contributed by atoms with van der Waals surface area (Å²) in [7, 11) is 2.96. The third-order valence-electron chi connectivity index (χ3n) is 5.86. The molecule has 34 heavy (non-hydrogen) atoms. The molecular weight excluding hydrogens is 438 g/mol. The number of ether oxygens (including phenoxy) is 4. The summed E-state index contributed by atoms with van der Waals surface area (Å²) < 4.78 is 21.5. The van der Waals surface area contributed by atoms with Crippen LogP contribution in [-0.4, -0.2) is 37.8 Å². The van der Waals surface area contributed by atoms with Crippen LogP contribution in [0.1, 0.15) is 17.2 Å². The van der Waals surface area contributed by atoms with Gasteiger partial charge in [-0.3, -0.25) is 14.5 Å². The number of hydrogen-bond donors (Lipinski definition) is 1. The summed E-state index contributed by atoms with van der Waals surface area (Å²) in [4.78, 5) is 28.0. The lowest BCUT2D eigenvalue weighted by Gasteiger charge is -2.25. The molecule has 0 aliphatic carbocycles. The monoisotopic (exact) mass is 459 g/mol. The van der Waals surface area contributed by atoms with E-state index in [0.717, 1.165) is 0 Å². The van der Waals surface area contributed by atoms with E-state index in [2.05, 4.69) is 0 Å². The molecule has 2 heterocycles. The van der Waals surface area contributed by atoms with E-state index in [1.165, 1.54) is 19.1 Å². The maximum absolute atomic E-state index is 13.3. The number of Topliss-reactive ketones (excluding diaryl/α,β-unsaturated/α-hetero) is 1. The standard InChI is InChI=1S/C26H21NO7/c1-31-17-9-10-18(20(13-17)32-2)24(28)22-23(15-6-4-3-5-7-15)27(26(30)25(22)29)16-8-11-19-21(12-16)34-14-33-19/h3-13,23,28H,14H2,1-2H3/b24-22+. The number of ketones is 1. The van der Waals surface area contributed by atoms with Crippen LogP contribution >= 0.6 is 0 Å². The largest absolute Gasteiger partial charge is 0.507 e. The molecule has 0 saturated carbocycles. The van der Waals surface area contributed by atoms with Gasteiger partial charge in [0.15, 0.2) is 11.5 Å². The molecule has 8 nitrogen and oxygen atoms in total. The van der Waals surface area contributed by atoms with Gasteiger partial charge in [0.2, 0.25) is 6.79 Å². The Balaban J connectivity index is 1.71. The Morgan fingerprint density at radius 2 is 1.71 bits per heavy atom. The molecule has 172 valence electrons. The van der Waals surface area contributed by atoms with Gasteiger partial charge in [0, 0.05) is 17.8 Å². The minimum atomic E-state index is -0.867. The highest BCUT2D eigenvalue weighted by Gasteiger charge is 2.47. The zero-order chi connectivity index (χ0) is 23.8. The van der Waals surface area contributed by atoms with Gasteiger partial charge in [0.1, 0.15) is 17.3 Å². The summed E-state index contributed by atoms with van der Waals surface area (Å²) in [5.41, 5.74) is 1.33. The van der Waals surface area contributed by atoms with Gasteiger partial charge in [-0.05, 0) is 29.8 Å². The molecule has 0 aromatic heterocycles. The Labute approximate surface area is 195 Å². The number of methoxy groups -OCH3 is 2. The average Bonchev–Trinajstić information content (AvgIpc) is 3.45. The summed E-state index contributed by atoms with van der Waals surface area (Å²) in [5.74, 6) is -0.0482. The van der Waals surface area contributed by atoms with E-state index in [1.807, 2.05) is 18.2 Å². The first kappa shape index (κ1) is 21.4. The van der Waals surface area contributed by atoms with Gasteiger partial charge in [-0.1, -0.05) is 30.3 Å². The van der Waals surface area contributed by atoms with Crippen molar-refractivity contribution in [3.05, 3.63) is 83.4 Å². The number of aliphatic hydroxyl groups excluding tert-OH is 1. The van der Waals surface area contributed by atoms with E-state index < -0.39 is 17.7 Å². The quantitative estimate of drug-likeness (QED) is 0.349. The molecule has 1 saturated heterocycles. The molecule has 8 heteroatoms. The van der Waals surface area contributed by atoms with Crippen LogP contribution in [0.15, 0.2) is 72.3 Å². The Kier molecular flexibility index (Phi) is 5.33. The number of hydrogen-bond acceptors (Lipinski definition) is 7. The number of aliphatic hydroxyl groups is 1. The Hall–Kier alpha value is -4.46. The lowest BCUT2D eigenvalue weighted by molar-refractivity contribution is -0.132. The highest BCUT2D eigenvalue weighted by molar-refractivity contribution is 6.51. The third-order valence-corrected chi connectivity index (χ3v) is 5.86. The van der Waals surface area contributed by atoms with Crippen molar-refractivity contribution in [1.82, 2.24) is 0 Å². The lowest BCUT2D eigenvalue weighted by Crippen LogP contribution is -2.29. The van der Waals surface area contributed by atoms with Crippen LogP contribution in [0.3, 0.4) is 0 Å². The second-order valence-electron chi connectivity index (χ2n) is 7.68. The fourth-order valence-electron chi connectivity index (χ4n) is 4.22. The molecule has 1 amide bonds. The number of fused-ring (bicyclic) bond motifs is 1. The molecular formula is C26H21NO7. The number of benzene rings is 3. The first-order valence-electron chi connectivity index (χ1n) is 10.5. The van der Waals surface area contributed by atoms with Crippen LogP contribution in [0, 0.1) is 0 Å². The van der Waals surface area contributed by atoms with Gasteiger partial charge in [-0.15, -0.1) is 0 Å². The number of carbonyl (C=O) groups excluding carboxylic acids is 2. The second-order valence-corrected chi connectivity index (χ2v) is 7.68. The molecule has 1 fully saturated rings. The zero-order valence-corrected chi connectivity index (χ0v) is 18.5. The van der Waals surface area contributed by atoms with Crippen molar-refractivity contribution in [3.8, 4) is 23.0 Å². The van der Waals surface area contributed by atoms with Crippen molar-refractivity contribution in [2.75, 3.05) is 25.9 Å². The van der Waals surface area contributed by atoms with E-state index in [1.54, 1.807) is 48.5 Å². The molecule has 0 bridgehead atoms. The lowest BCUT2D eigenvalue weighted by atomic mass is 9.95.